The molecule has 0 bridgehead atoms. The largest absolute Gasteiger partial charge is 0.224 e. The second-order valence-electron chi connectivity index (χ2n) is 6.58. The molecular formula is C17H25BrO2S. The number of halogens is 1. The summed E-state index contributed by atoms with van der Waals surface area (Å²) in [6, 6.07) is 5.63. The van der Waals surface area contributed by atoms with Crippen LogP contribution < -0.4 is 0 Å². The number of rotatable bonds is 4. The van der Waals surface area contributed by atoms with Gasteiger partial charge < -0.3 is 0 Å². The molecule has 4 heteroatoms. The van der Waals surface area contributed by atoms with E-state index in [4.69, 9.17) is 0 Å². The van der Waals surface area contributed by atoms with E-state index in [2.05, 4.69) is 15.9 Å². The lowest BCUT2D eigenvalue weighted by Crippen LogP contribution is -2.32. The Hall–Kier alpha value is -0.350. The van der Waals surface area contributed by atoms with Gasteiger partial charge in [-0.05, 0) is 43.7 Å². The number of aryl methyl sites for hydroxylation is 2. The Morgan fingerprint density at radius 3 is 2.24 bits per heavy atom. The van der Waals surface area contributed by atoms with Crippen molar-refractivity contribution in [2.75, 3.05) is 11.1 Å². The summed E-state index contributed by atoms with van der Waals surface area (Å²) in [7, 11) is -3.22. The predicted molar refractivity (Wildman–Crippen MR) is 91.9 cm³/mol. The first-order valence-electron chi connectivity index (χ1n) is 7.75. The smallest absolute Gasteiger partial charge is 0.179 e. The topological polar surface area (TPSA) is 34.1 Å². The lowest BCUT2D eigenvalue weighted by Gasteiger charge is -2.30. The van der Waals surface area contributed by atoms with Crippen molar-refractivity contribution in [2.24, 2.45) is 5.41 Å². The Bertz CT molecular complexity index is 585. The van der Waals surface area contributed by atoms with Gasteiger partial charge in [0.05, 0.1) is 10.6 Å². The van der Waals surface area contributed by atoms with Gasteiger partial charge in [-0.15, -0.1) is 0 Å². The Morgan fingerprint density at radius 1 is 1.10 bits per heavy atom. The van der Waals surface area contributed by atoms with Crippen molar-refractivity contribution in [1.82, 2.24) is 0 Å². The summed E-state index contributed by atoms with van der Waals surface area (Å²) in [5, 5.41) is 0.782. The van der Waals surface area contributed by atoms with Crippen LogP contribution in [0.5, 0.6) is 0 Å². The zero-order valence-electron chi connectivity index (χ0n) is 13.0. The predicted octanol–water partition coefficient (Wildman–Crippen LogP) is 4.81. The number of hydrogen-bond donors (Lipinski definition) is 0. The Kier molecular flexibility index (Phi) is 5.53. The molecule has 0 radical (unpaired) electrons. The van der Waals surface area contributed by atoms with Crippen molar-refractivity contribution in [1.29, 1.82) is 0 Å². The molecule has 21 heavy (non-hydrogen) atoms. The van der Waals surface area contributed by atoms with Gasteiger partial charge in [0.1, 0.15) is 0 Å². The summed E-state index contributed by atoms with van der Waals surface area (Å²) in [5.41, 5.74) is 1.89. The Morgan fingerprint density at radius 2 is 1.71 bits per heavy atom. The minimum atomic E-state index is -3.22. The van der Waals surface area contributed by atoms with Crippen LogP contribution in [0.1, 0.15) is 49.7 Å². The first-order valence-corrected chi connectivity index (χ1v) is 10.5. The molecule has 1 fully saturated rings. The Balaban J connectivity index is 2.30. The number of benzene rings is 1. The van der Waals surface area contributed by atoms with Gasteiger partial charge in [-0.25, -0.2) is 8.42 Å². The van der Waals surface area contributed by atoms with Crippen LogP contribution in [-0.4, -0.2) is 19.5 Å². The SMILES string of the molecule is Cc1ccc(S(=O)(=O)CC2(CBr)CCCCCC2)c(C)c1. The minimum absolute atomic E-state index is 0.0906. The first kappa shape index (κ1) is 17.0. The van der Waals surface area contributed by atoms with E-state index in [0.29, 0.717) is 4.90 Å². The highest BCUT2D eigenvalue weighted by Gasteiger charge is 2.36. The monoisotopic (exact) mass is 372 g/mol. The first-order chi connectivity index (χ1) is 9.88. The van der Waals surface area contributed by atoms with Crippen molar-refractivity contribution >= 4 is 25.8 Å². The summed E-state index contributed by atoms with van der Waals surface area (Å²) in [4.78, 5) is 0.512. The normalized spacial score (nSPS) is 19.2. The molecule has 0 aliphatic heterocycles. The van der Waals surface area contributed by atoms with Gasteiger partial charge in [-0.2, -0.15) is 0 Å². The van der Waals surface area contributed by atoms with E-state index in [-0.39, 0.29) is 11.2 Å². The lowest BCUT2D eigenvalue weighted by atomic mass is 9.85. The second-order valence-corrected chi connectivity index (χ2v) is 9.09. The van der Waals surface area contributed by atoms with Crippen molar-refractivity contribution < 1.29 is 8.42 Å². The van der Waals surface area contributed by atoms with Gasteiger partial charge in [-0.1, -0.05) is 59.3 Å². The maximum Gasteiger partial charge on any atom is 0.179 e. The van der Waals surface area contributed by atoms with Gasteiger partial charge in [-0.3, -0.25) is 0 Å². The number of hydrogen-bond acceptors (Lipinski definition) is 2. The second kappa shape index (κ2) is 6.82. The third-order valence-electron chi connectivity index (χ3n) is 4.61. The lowest BCUT2D eigenvalue weighted by molar-refractivity contribution is 0.327. The fourth-order valence-electron chi connectivity index (χ4n) is 3.42. The van der Waals surface area contributed by atoms with Crippen LogP contribution in [0.4, 0.5) is 0 Å². The highest BCUT2D eigenvalue weighted by Crippen LogP contribution is 2.39. The van der Waals surface area contributed by atoms with Crippen LogP contribution in [0.3, 0.4) is 0 Å². The fourth-order valence-corrected chi connectivity index (χ4v) is 6.62. The maximum atomic E-state index is 12.9. The molecule has 2 rings (SSSR count). The molecule has 0 aromatic heterocycles. The third kappa shape index (κ3) is 4.10. The molecular weight excluding hydrogens is 348 g/mol. The number of alkyl halides is 1. The molecule has 0 atom stereocenters. The third-order valence-corrected chi connectivity index (χ3v) is 7.92. The minimum Gasteiger partial charge on any atom is -0.224 e. The van der Waals surface area contributed by atoms with Gasteiger partial charge >= 0.3 is 0 Å². The summed E-state index contributed by atoms with van der Waals surface area (Å²) in [5.74, 6) is 0.273. The van der Waals surface area contributed by atoms with E-state index in [1.54, 1.807) is 6.07 Å². The van der Waals surface area contributed by atoms with Crippen LogP contribution in [0.2, 0.25) is 0 Å². The molecule has 0 heterocycles. The van der Waals surface area contributed by atoms with Crippen molar-refractivity contribution in [3.8, 4) is 0 Å². The summed E-state index contributed by atoms with van der Waals surface area (Å²) >= 11 is 3.59. The fraction of sp³-hybridized carbons (Fsp3) is 0.647. The Labute approximate surface area is 137 Å². The van der Waals surface area contributed by atoms with Crippen molar-refractivity contribution in [2.45, 2.75) is 57.3 Å². The van der Waals surface area contributed by atoms with Crippen LogP contribution in [0.25, 0.3) is 0 Å². The van der Waals surface area contributed by atoms with Gasteiger partial charge in [0, 0.05) is 5.33 Å². The van der Waals surface area contributed by atoms with E-state index in [1.165, 1.54) is 12.8 Å². The van der Waals surface area contributed by atoms with Gasteiger partial charge in [0.15, 0.2) is 9.84 Å². The molecule has 0 spiro atoms. The quantitative estimate of drug-likeness (QED) is 0.561. The van der Waals surface area contributed by atoms with Crippen LogP contribution >= 0.6 is 15.9 Å². The van der Waals surface area contributed by atoms with Crippen molar-refractivity contribution in [3.05, 3.63) is 29.3 Å². The average Bonchev–Trinajstić information content (AvgIpc) is 2.64. The van der Waals surface area contributed by atoms with E-state index >= 15 is 0 Å². The van der Waals surface area contributed by atoms with E-state index in [9.17, 15) is 8.42 Å². The maximum absolute atomic E-state index is 12.9. The van der Waals surface area contributed by atoms with E-state index in [1.807, 2.05) is 26.0 Å². The molecule has 1 aliphatic carbocycles. The standard InChI is InChI=1S/C17H25BrO2S/c1-14-7-8-16(15(2)11-14)21(19,20)13-17(12-18)9-5-3-4-6-10-17/h7-8,11H,3-6,9-10,12-13H2,1-2H3. The molecule has 0 N–H and O–H groups in total. The summed E-state index contributed by atoms with van der Waals surface area (Å²) in [6.45, 7) is 3.89. The zero-order valence-corrected chi connectivity index (χ0v) is 15.4. The molecule has 0 amide bonds. The van der Waals surface area contributed by atoms with E-state index in [0.717, 1.165) is 42.1 Å². The molecule has 1 aliphatic rings. The highest BCUT2D eigenvalue weighted by molar-refractivity contribution is 9.09. The molecule has 0 saturated heterocycles. The molecule has 0 unspecified atom stereocenters. The van der Waals surface area contributed by atoms with Crippen molar-refractivity contribution in [3.63, 3.8) is 0 Å². The van der Waals surface area contributed by atoms with Crippen LogP contribution in [-0.2, 0) is 9.84 Å². The van der Waals surface area contributed by atoms with Gasteiger partial charge in [0.25, 0.3) is 0 Å². The summed E-state index contributed by atoms with van der Waals surface area (Å²) < 4.78 is 25.8. The van der Waals surface area contributed by atoms with Crippen LogP contribution in [0.15, 0.2) is 23.1 Å². The molecule has 1 saturated carbocycles. The number of sulfone groups is 1. The molecule has 1 aromatic carbocycles. The molecule has 1 aromatic rings. The van der Waals surface area contributed by atoms with E-state index < -0.39 is 9.84 Å². The average molecular weight is 373 g/mol. The molecule has 118 valence electrons. The summed E-state index contributed by atoms with van der Waals surface area (Å²) in [6.07, 6.45) is 6.80. The zero-order chi connectivity index (χ0) is 15.5. The molecule has 2 nitrogen and oxygen atoms in total. The van der Waals surface area contributed by atoms with Crippen LogP contribution in [0, 0.1) is 19.3 Å². The highest BCUT2D eigenvalue weighted by atomic mass is 79.9. The van der Waals surface area contributed by atoms with Gasteiger partial charge in [0.2, 0.25) is 0 Å².